The summed E-state index contributed by atoms with van der Waals surface area (Å²) in [6.07, 6.45) is 3.36. The predicted molar refractivity (Wildman–Crippen MR) is 98.0 cm³/mol. The third-order valence-corrected chi connectivity index (χ3v) is 6.51. The van der Waals surface area contributed by atoms with Gasteiger partial charge in [0.2, 0.25) is 12.7 Å². The van der Waals surface area contributed by atoms with Gasteiger partial charge in [0.1, 0.15) is 6.29 Å². The van der Waals surface area contributed by atoms with E-state index in [4.69, 9.17) is 9.47 Å². The summed E-state index contributed by atoms with van der Waals surface area (Å²) in [6.45, 7) is 0.229. The fourth-order valence-electron chi connectivity index (χ4n) is 3.65. The van der Waals surface area contributed by atoms with E-state index in [1.807, 2.05) is 36.4 Å². The molecule has 2 aromatic carbocycles. The highest BCUT2D eigenvalue weighted by atomic mass is 32.2. The summed E-state index contributed by atoms with van der Waals surface area (Å²) >= 11 is 1.58. The van der Waals surface area contributed by atoms with Gasteiger partial charge in [0, 0.05) is 10.6 Å². The molecule has 6 heteroatoms. The second kappa shape index (κ2) is 5.77. The number of hydrogen-bond acceptors (Lipinski definition) is 5. The van der Waals surface area contributed by atoms with Crippen molar-refractivity contribution in [1.29, 1.82) is 0 Å². The van der Waals surface area contributed by atoms with Gasteiger partial charge in [-0.2, -0.15) is 0 Å². The molecule has 0 radical (unpaired) electrons. The van der Waals surface area contributed by atoms with Crippen molar-refractivity contribution in [3.8, 4) is 11.5 Å². The van der Waals surface area contributed by atoms with E-state index in [2.05, 4.69) is 5.32 Å². The number of nitrogens with one attached hydrogen (secondary N) is 1. The highest BCUT2D eigenvalue weighted by Crippen LogP contribution is 2.51. The molecule has 0 saturated heterocycles. The van der Waals surface area contributed by atoms with Crippen LogP contribution in [-0.2, 0) is 21.4 Å². The number of carbonyl (C=O) groups is 2. The van der Waals surface area contributed by atoms with Gasteiger partial charge in [0.05, 0.1) is 10.7 Å². The van der Waals surface area contributed by atoms with Crippen molar-refractivity contribution in [1.82, 2.24) is 0 Å². The van der Waals surface area contributed by atoms with Crippen molar-refractivity contribution in [2.75, 3.05) is 12.1 Å². The largest absolute Gasteiger partial charge is 0.454 e. The van der Waals surface area contributed by atoms with Gasteiger partial charge in [0.15, 0.2) is 11.5 Å². The van der Waals surface area contributed by atoms with E-state index in [0.717, 1.165) is 53.0 Å². The van der Waals surface area contributed by atoms with Crippen LogP contribution >= 0.6 is 11.8 Å². The summed E-state index contributed by atoms with van der Waals surface area (Å²) in [4.78, 5) is 25.1. The van der Waals surface area contributed by atoms with Crippen molar-refractivity contribution in [3.05, 3.63) is 47.5 Å². The van der Waals surface area contributed by atoms with Crippen LogP contribution in [0.1, 0.15) is 24.0 Å². The molecule has 1 N–H and O–H groups in total. The molecule has 1 amide bonds. The minimum absolute atomic E-state index is 0.00824. The lowest BCUT2D eigenvalue weighted by molar-refractivity contribution is -0.118. The minimum Gasteiger partial charge on any atom is -0.454 e. The molecule has 1 unspecified atom stereocenters. The second-order valence-electron chi connectivity index (χ2n) is 6.92. The molecule has 2 aliphatic heterocycles. The van der Waals surface area contributed by atoms with Crippen LogP contribution in [0, 0.1) is 0 Å². The molecule has 5 rings (SSSR count). The van der Waals surface area contributed by atoms with Crippen molar-refractivity contribution in [3.63, 3.8) is 0 Å². The summed E-state index contributed by atoms with van der Waals surface area (Å²) in [6, 6.07) is 11.6. The Kier molecular flexibility index (Phi) is 3.50. The number of benzene rings is 2. The van der Waals surface area contributed by atoms with Crippen molar-refractivity contribution < 1.29 is 19.1 Å². The Labute approximate surface area is 155 Å². The number of rotatable bonds is 4. The fraction of sp³-hybridized carbons (Fsp3) is 0.300. The Morgan fingerprint density at radius 1 is 1.15 bits per heavy atom. The first-order valence-electron chi connectivity index (χ1n) is 8.64. The normalized spacial score (nSPS) is 21.2. The van der Waals surface area contributed by atoms with Gasteiger partial charge >= 0.3 is 0 Å². The van der Waals surface area contributed by atoms with Crippen LogP contribution in [-0.4, -0.2) is 24.2 Å². The van der Waals surface area contributed by atoms with Crippen molar-refractivity contribution >= 4 is 29.6 Å². The number of ether oxygens (including phenoxy) is 2. The lowest BCUT2D eigenvalue weighted by Crippen LogP contribution is -2.27. The maximum atomic E-state index is 13.0. The number of hydrogen-bond donors (Lipinski definition) is 1. The first kappa shape index (κ1) is 15.8. The molecule has 132 valence electrons. The molecule has 2 aromatic rings. The van der Waals surface area contributed by atoms with Crippen molar-refractivity contribution in [2.24, 2.45) is 0 Å². The molecule has 5 nitrogen and oxygen atoms in total. The van der Waals surface area contributed by atoms with E-state index in [1.54, 1.807) is 11.8 Å². The van der Waals surface area contributed by atoms with Crippen LogP contribution in [0.15, 0.2) is 41.3 Å². The van der Waals surface area contributed by atoms with Crippen LogP contribution in [0.2, 0.25) is 0 Å². The standard InChI is InChI=1S/C20H17NO4S/c22-10-15-8-12-7-14(2-4-18(12)26-15)21-19(23)20(5-6-20)13-1-3-16-17(9-13)25-11-24-16/h1-4,7,9-10,15H,5-6,8,11H2,(H,21,23). The Bertz CT molecular complexity index is 922. The van der Waals surface area contributed by atoms with Crippen molar-refractivity contribution in [2.45, 2.75) is 34.8 Å². The van der Waals surface area contributed by atoms with Gasteiger partial charge in [-0.15, -0.1) is 11.8 Å². The number of anilines is 1. The van der Waals surface area contributed by atoms with E-state index >= 15 is 0 Å². The number of aldehydes is 1. The maximum absolute atomic E-state index is 13.0. The average Bonchev–Trinajstić information content (AvgIpc) is 3.16. The Morgan fingerprint density at radius 2 is 2.00 bits per heavy atom. The van der Waals surface area contributed by atoms with Gasteiger partial charge in [-0.3, -0.25) is 4.79 Å². The van der Waals surface area contributed by atoms with Gasteiger partial charge in [0.25, 0.3) is 0 Å². The predicted octanol–water partition coefficient (Wildman–Crippen LogP) is 3.30. The molecule has 1 atom stereocenters. The summed E-state index contributed by atoms with van der Waals surface area (Å²) in [5, 5.41) is 3.05. The monoisotopic (exact) mass is 367 g/mol. The topological polar surface area (TPSA) is 64.6 Å². The van der Waals surface area contributed by atoms with E-state index in [-0.39, 0.29) is 18.0 Å². The van der Waals surface area contributed by atoms with E-state index in [1.165, 1.54) is 0 Å². The van der Waals surface area contributed by atoms with Gasteiger partial charge in [-0.1, -0.05) is 6.07 Å². The van der Waals surface area contributed by atoms with E-state index in [9.17, 15) is 9.59 Å². The molecule has 1 saturated carbocycles. The van der Waals surface area contributed by atoms with Crippen LogP contribution in [0.4, 0.5) is 5.69 Å². The molecular weight excluding hydrogens is 350 g/mol. The minimum atomic E-state index is -0.486. The molecular formula is C20H17NO4S. The molecule has 2 heterocycles. The van der Waals surface area contributed by atoms with Crippen LogP contribution in [0.3, 0.4) is 0 Å². The Morgan fingerprint density at radius 3 is 2.81 bits per heavy atom. The molecule has 0 aromatic heterocycles. The summed E-state index contributed by atoms with van der Waals surface area (Å²) in [5.41, 5.74) is 2.39. The number of thioether (sulfide) groups is 1. The molecule has 1 fully saturated rings. The zero-order valence-corrected chi connectivity index (χ0v) is 14.8. The Balaban J connectivity index is 1.37. The lowest BCUT2D eigenvalue weighted by atomic mass is 9.94. The number of carbonyl (C=O) groups excluding carboxylic acids is 2. The summed E-state index contributed by atoms with van der Waals surface area (Å²) < 4.78 is 10.8. The fourth-order valence-corrected chi connectivity index (χ4v) is 4.73. The maximum Gasteiger partial charge on any atom is 0.235 e. The highest BCUT2D eigenvalue weighted by Gasteiger charge is 2.51. The molecule has 0 bridgehead atoms. The third kappa shape index (κ3) is 2.48. The highest BCUT2D eigenvalue weighted by molar-refractivity contribution is 8.00. The average molecular weight is 367 g/mol. The third-order valence-electron chi connectivity index (χ3n) is 5.28. The summed E-state index contributed by atoms with van der Waals surface area (Å²) in [7, 11) is 0. The van der Waals surface area contributed by atoms with Crippen LogP contribution in [0.25, 0.3) is 0 Å². The second-order valence-corrected chi connectivity index (χ2v) is 8.20. The SMILES string of the molecule is O=CC1Cc2cc(NC(=O)C3(c4ccc5c(c4)OCO5)CC3)ccc2S1. The summed E-state index contributed by atoms with van der Waals surface area (Å²) in [5.74, 6) is 1.44. The molecule has 3 aliphatic rings. The lowest BCUT2D eigenvalue weighted by Gasteiger charge is -2.17. The molecule has 26 heavy (non-hydrogen) atoms. The van der Waals surface area contributed by atoms with Crippen LogP contribution in [0.5, 0.6) is 11.5 Å². The number of fused-ring (bicyclic) bond motifs is 2. The first-order valence-corrected chi connectivity index (χ1v) is 9.52. The zero-order valence-electron chi connectivity index (χ0n) is 14.0. The molecule has 1 aliphatic carbocycles. The van der Waals surface area contributed by atoms with Crippen LogP contribution < -0.4 is 14.8 Å². The smallest absolute Gasteiger partial charge is 0.235 e. The molecule has 0 spiro atoms. The van der Waals surface area contributed by atoms with Gasteiger partial charge in [-0.05, 0) is 60.7 Å². The number of amides is 1. The van der Waals surface area contributed by atoms with E-state index in [0.29, 0.717) is 5.75 Å². The van der Waals surface area contributed by atoms with E-state index < -0.39 is 5.41 Å². The van der Waals surface area contributed by atoms with Gasteiger partial charge in [-0.25, -0.2) is 0 Å². The quantitative estimate of drug-likeness (QED) is 0.840. The zero-order chi connectivity index (χ0) is 17.7. The first-order chi connectivity index (χ1) is 12.7. The van der Waals surface area contributed by atoms with Gasteiger partial charge < -0.3 is 19.6 Å². The Hall–Kier alpha value is -2.47.